The van der Waals surface area contributed by atoms with Crippen molar-refractivity contribution in [2.24, 2.45) is 5.73 Å². The van der Waals surface area contributed by atoms with E-state index in [9.17, 15) is 9.18 Å². The second-order valence-electron chi connectivity index (χ2n) is 4.52. The molecule has 6 heteroatoms. The molecule has 0 unspecified atom stereocenters. The SMILES string of the molecule is Cl.NC/C=C(/F)COc1ccc(C(=O)Nc2ccccc2)cc1. The highest BCUT2D eigenvalue weighted by Gasteiger charge is 2.06. The van der Waals surface area contributed by atoms with Crippen molar-refractivity contribution in [3.63, 3.8) is 0 Å². The third kappa shape index (κ3) is 6.10. The quantitative estimate of drug-likeness (QED) is 0.847. The van der Waals surface area contributed by atoms with Gasteiger partial charge in [0.15, 0.2) is 0 Å². The molecular weight excluding hydrogens is 319 g/mol. The molecular formula is C17H18ClFN2O2. The molecule has 2 aromatic carbocycles. The van der Waals surface area contributed by atoms with Gasteiger partial charge in [-0.3, -0.25) is 4.79 Å². The van der Waals surface area contributed by atoms with Crippen LogP contribution in [0.4, 0.5) is 10.1 Å². The summed E-state index contributed by atoms with van der Waals surface area (Å²) in [4.78, 5) is 12.0. The van der Waals surface area contributed by atoms with Gasteiger partial charge in [0.25, 0.3) is 5.91 Å². The van der Waals surface area contributed by atoms with Gasteiger partial charge in [-0.15, -0.1) is 12.4 Å². The van der Waals surface area contributed by atoms with Crippen LogP contribution in [0.25, 0.3) is 0 Å². The molecule has 0 aliphatic carbocycles. The van der Waals surface area contributed by atoms with Crippen molar-refractivity contribution in [2.45, 2.75) is 0 Å². The van der Waals surface area contributed by atoms with E-state index in [4.69, 9.17) is 10.5 Å². The van der Waals surface area contributed by atoms with Gasteiger partial charge < -0.3 is 15.8 Å². The number of benzene rings is 2. The highest BCUT2D eigenvalue weighted by atomic mass is 35.5. The average molecular weight is 337 g/mol. The summed E-state index contributed by atoms with van der Waals surface area (Å²) >= 11 is 0. The molecule has 2 rings (SSSR count). The van der Waals surface area contributed by atoms with Crippen LogP contribution in [-0.2, 0) is 0 Å². The van der Waals surface area contributed by atoms with E-state index in [0.29, 0.717) is 11.3 Å². The fraction of sp³-hybridized carbons (Fsp3) is 0.118. The topological polar surface area (TPSA) is 64.3 Å². The number of nitrogens with one attached hydrogen (secondary N) is 1. The van der Waals surface area contributed by atoms with Crippen LogP contribution in [0.3, 0.4) is 0 Å². The summed E-state index contributed by atoms with van der Waals surface area (Å²) in [5.74, 6) is -0.155. The molecule has 0 fully saturated rings. The molecule has 0 saturated carbocycles. The molecule has 3 N–H and O–H groups in total. The molecule has 2 aromatic rings. The van der Waals surface area contributed by atoms with E-state index >= 15 is 0 Å². The third-order valence-corrected chi connectivity index (χ3v) is 2.86. The van der Waals surface area contributed by atoms with Gasteiger partial charge in [0.05, 0.1) is 0 Å². The Morgan fingerprint density at radius 2 is 1.78 bits per heavy atom. The van der Waals surface area contributed by atoms with Crippen LogP contribution >= 0.6 is 12.4 Å². The lowest BCUT2D eigenvalue weighted by Gasteiger charge is -2.07. The number of halogens is 2. The number of hydrogen-bond donors (Lipinski definition) is 2. The normalized spacial score (nSPS) is 10.6. The van der Waals surface area contributed by atoms with Crippen LogP contribution in [0.15, 0.2) is 66.5 Å². The van der Waals surface area contributed by atoms with Crippen LogP contribution in [0.1, 0.15) is 10.4 Å². The van der Waals surface area contributed by atoms with Gasteiger partial charge in [0.1, 0.15) is 18.2 Å². The largest absolute Gasteiger partial charge is 0.487 e. The Bertz CT molecular complexity index is 645. The summed E-state index contributed by atoms with van der Waals surface area (Å²) in [6, 6.07) is 15.7. The molecule has 0 spiro atoms. The molecule has 0 aromatic heterocycles. The summed E-state index contributed by atoms with van der Waals surface area (Å²) in [5, 5.41) is 2.78. The van der Waals surface area contributed by atoms with E-state index in [-0.39, 0.29) is 31.5 Å². The molecule has 0 saturated heterocycles. The van der Waals surface area contributed by atoms with E-state index in [2.05, 4.69) is 5.32 Å². The first kappa shape index (κ1) is 18.7. The summed E-state index contributed by atoms with van der Waals surface area (Å²) in [6.07, 6.45) is 1.25. The molecule has 0 heterocycles. The summed E-state index contributed by atoms with van der Waals surface area (Å²) in [6.45, 7) is -0.0411. The minimum absolute atomic E-state index is 0. The maximum absolute atomic E-state index is 13.1. The van der Waals surface area contributed by atoms with E-state index in [1.807, 2.05) is 30.3 Å². The number of nitrogens with two attached hydrogens (primary N) is 1. The zero-order valence-corrected chi connectivity index (χ0v) is 13.2. The minimum atomic E-state index is -0.423. The van der Waals surface area contributed by atoms with Crippen molar-refractivity contribution in [3.8, 4) is 5.75 Å². The lowest BCUT2D eigenvalue weighted by molar-refractivity contribution is 0.102. The molecule has 122 valence electrons. The summed E-state index contributed by atoms with van der Waals surface area (Å²) in [5.41, 5.74) is 6.42. The van der Waals surface area contributed by atoms with Gasteiger partial charge in [-0.1, -0.05) is 18.2 Å². The van der Waals surface area contributed by atoms with Crippen molar-refractivity contribution in [2.75, 3.05) is 18.5 Å². The monoisotopic (exact) mass is 336 g/mol. The molecule has 4 nitrogen and oxygen atoms in total. The lowest BCUT2D eigenvalue weighted by Crippen LogP contribution is -2.11. The van der Waals surface area contributed by atoms with E-state index in [1.54, 1.807) is 24.3 Å². The Morgan fingerprint density at radius 3 is 2.39 bits per heavy atom. The maximum atomic E-state index is 13.1. The maximum Gasteiger partial charge on any atom is 0.255 e. The molecule has 0 radical (unpaired) electrons. The smallest absolute Gasteiger partial charge is 0.255 e. The van der Waals surface area contributed by atoms with Gasteiger partial charge in [0.2, 0.25) is 0 Å². The highest BCUT2D eigenvalue weighted by molar-refractivity contribution is 6.04. The number of para-hydroxylation sites is 1. The second kappa shape index (κ2) is 9.61. The van der Waals surface area contributed by atoms with Gasteiger partial charge in [-0.2, -0.15) is 0 Å². The zero-order chi connectivity index (χ0) is 15.8. The van der Waals surface area contributed by atoms with Crippen LogP contribution in [0.5, 0.6) is 5.75 Å². The van der Waals surface area contributed by atoms with E-state index < -0.39 is 5.83 Å². The van der Waals surface area contributed by atoms with Crippen LogP contribution < -0.4 is 15.8 Å². The van der Waals surface area contributed by atoms with Crippen LogP contribution in [-0.4, -0.2) is 19.1 Å². The minimum Gasteiger partial charge on any atom is -0.487 e. The second-order valence-corrected chi connectivity index (χ2v) is 4.52. The van der Waals surface area contributed by atoms with E-state index in [1.165, 1.54) is 6.08 Å². The number of anilines is 1. The Labute approximate surface area is 140 Å². The number of amides is 1. The molecule has 0 bridgehead atoms. The summed E-state index contributed by atoms with van der Waals surface area (Å²) in [7, 11) is 0. The fourth-order valence-corrected chi connectivity index (χ4v) is 1.77. The van der Waals surface area contributed by atoms with Gasteiger partial charge >= 0.3 is 0 Å². The number of rotatable bonds is 6. The van der Waals surface area contributed by atoms with Crippen LogP contribution in [0, 0.1) is 0 Å². The van der Waals surface area contributed by atoms with Crippen molar-refractivity contribution in [3.05, 3.63) is 72.1 Å². The molecule has 1 amide bonds. The molecule has 0 aliphatic rings. The van der Waals surface area contributed by atoms with Crippen molar-refractivity contribution < 1.29 is 13.9 Å². The first-order valence-electron chi connectivity index (χ1n) is 6.83. The van der Waals surface area contributed by atoms with Crippen molar-refractivity contribution in [1.29, 1.82) is 0 Å². The molecule has 0 aliphatic heterocycles. The van der Waals surface area contributed by atoms with Gasteiger partial charge in [-0.05, 0) is 42.5 Å². The third-order valence-electron chi connectivity index (χ3n) is 2.86. The lowest BCUT2D eigenvalue weighted by atomic mass is 10.2. The fourth-order valence-electron chi connectivity index (χ4n) is 1.77. The Morgan fingerprint density at radius 1 is 1.13 bits per heavy atom. The zero-order valence-electron chi connectivity index (χ0n) is 12.4. The molecule has 0 atom stereocenters. The predicted octanol–water partition coefficient (Wildman–Crippen LogP) is 3.55. The number of carbonyl (C=O) groups excluding carboxylic acids is 1. The van der Waals surface area contributed by atoms with Gasteiger partial charge in [0, 0.05) is 17.8 Å². The number of hydrogen-bond acceptors (Lipinski definition) is 3. The van der Waals surface area contributed by atoms with Crippen molar-refractivity contribution in [1.82, 2.24) is 0 Å². The first-order chi connectivity index (χ1) is 10.7. The average Bonchev–Trinajstić information content (AvgIpc) is 2.54. The Balaban J connectivity index is 0.00000264. The predicted molar refractivity (Wildman–Crippen MR) is 91.8 cm³/mol. The Hall–Kier alpha value is -2.37. The number of ether oxygens (including phenoxy) is 1. The van der Waals surface area contributed by atoms with Gasteiger partial charge in [-0.25, -0.2) is 4.39 Å². The first-order valence-corrected chi connectivity index (χ1v) is 6.83. The highest BCUT2D eigenvalue weighted by Crippen LogP contribution is 2.15. The summed E-state index contributed by atoms with van der Waals surface area (Å²) < 4.78 is 18.4. The van der Waals surface area contributed by atoms with E-state index in [0.717, 1.165) is 5.69 Å². The standard InChI is InChI=1S/C17H17FN2O2.ClH/c18-14(10-11-19)12-22-16-8-6-13(7-9-16)17(21)20-15-4-2-1-3-5-15;/h1-10H,11-12,19H2,(H,20,21);1H/b14-10+;. The molecule has 23 heavy (non-hydrogen) atoms. The van der Waals surface area contributed by atoms with Crippen molar-refractivity contribution >= 4 is 24.0 Å². The Kier molecular flexibility index (Phi) is 7.80. The number of carbonyl (C=O) groups is 1. The van der Waals surface area contributed by atoms with Crippen LogP contribution in [0.2, 0.25) is 0 Å².